The molecule has 0 atom stereocenters. The first-order valence-electron chi connectivity index (χ1n) is 5.03. The zero-order chi connectivity index (χ0) is 12.8. The highest BCUT2D eigenvalue weighted by atomic mass is 19.1. The van der Waals surface area contributed by atoms with E-state index in [1.54, 1.807) is 6.92 Å². The van der Waals surface area contributed by atoms with Gasteiger partial charge in [0.25, 0.3) is 5.91 Å². The number of carboxylic acids is 1. The number of carbonyl (C=O) groups is 2. The van der Waals surface area contributed by atoms with Crippen molar-refractivity contribution >= 4 is 18.0 Å². The highest BCUT2D eigenvalue weighted by molar-refractivity contribution is 5.94. The summed E-state index contributed by atoms with van der Waals surface area (Å²) in [6, 6.07) is 3.92. The molecular weight excluding hydrogens is 225 g/mol. The van der Waals surface area contributed by atoms with E-state index < -0.39 is 17.7 Å². The SMILES string of the molecule is CCNC(=O)c1ccc(C=CC(=O)O)cc1F. The minimum absolute atomic E-state index is 0.0562. The first kappa shape index (κ1) is 12.9. The number of nitrogens with one attached hydrogen (secondary N) is 1. The van der Waals surface area contributed by atoms with Gasteiger partial charge in [0.15, 0.2) is 0 Å². The molecule has 1 aromatic rings. The van der Waals surface area contributed by atoms with Crippen molar-refractivity contribution in [1.29, 1.82) is 0 Å². The van der Waals surface area contributed by atoms with Gasteiger partial charge in [-0.1, -0.05) is 6.07 Å². The van der Waals surface area contributed by atoms with Gasteiger partial charge in [0.05, 0.1) is 5.56 Å². The first-order chi connectivity index (χ1) is 8.04. The zero-order valence-corrected chi connectivity index (χ0v) is 9.24. The molecule has 17 heavy (non-hydrogen) atoms. The number of halogens is 1. The van der Waals surface area contributed by atoms with E-state index in [0.717, 1.165) is 12.1 Å². The zero-order valence-electron chi connectivity index (χ0n) is 9.24. The van der Waals surface area contributed by atoms with Crippen LogP contribution in [0.1, 0.15) is 22.8 Å². The van der Waals surface area contributed by atoms with E-state index in [-0.39, 0.29) is 5.56 Å². The third kappa shape index (κ3) is 3.71. The molecule has 1 amide bonds. The number of carbonyl (C=O) groups excluding carboxylic acids is 1. The predicted octanol–water partition coefficient (Wildman–Crippen LogP) is 1.67. The Hall–Kier alpha value is -2.17. The lowest BCUT2D eigenvalue weighted by atomic mass is 10.1. The Morgan fingerprint density at radius 3 is 2.71 bits per heavy atom. The minimum Gasteiger partial charge on any atom is -0.478 e. The van der Waals surface area contributed by atoms with E-state index in [2.05, 4.69) is 5.32 Å². The van der Waals surface area contributed by atoms with Crippen LogP contribution in [-0.4, -0.2) is 23.5 Å². The molecule has 0 saturated heterocycles. The molecule has 2 N–H and O–H groups in total. The van der Waals surface area contributed by atoms with E-state index in [1.807, 2.05) is 0 Å². The summed E-state index contributed by atoms with van der Waals surface area (Å²) < 4.78 is 13.5. The molecule has 0 unspecified atom stereocenters. The summed E-state index contributed by atoms with van der Waals surface area (Å²) in [5.41, 5.74) is 0.331. The lowest BCUT2D eigenvalue weighted by molar-refractivity contribution is -0.131. The molecule has 90 valence electrons. The van der Waals surface area contributed by atoms with Crippen LogP contribution in [0.2, 0.25) is 0 Å². The van der Waals surface area contributed by atoms with Crippen LogP contribution < -0.4 is 5.32 Å². The summed E-state index contributed by atoms with van der Waals surface area (Å²) in [4.78, 5) is 21.7. The monoisotopic (exact) mass is 237 g/mol. The molecule has 0 spiro atoms. The first-order valence-corrected chi connectivity index (χ1v) is 5.03. The standard InChI is InChI=1S/C12H12FNO3/c1-2-14-12(17)9-5-3-8(7-10(9)13)4-6-11(15)16/h3-7H,2H2,1H3,(H,14,17)(H,15,16). The second-order valence-corrected chi connectivity index (χ2v) is 3.27. The van der Waals surface area contributed by atoms with Crippen LogP contribution in [0, 0.1) is 5.82 Å². The number of hydrogen-bond acceptors (Lipinski definition) is 2. The molecule has 5 heteroatoms. The van der Waals surface area contributed by atoms with Crippen molar-refractivity contribution in [2.75, 3.05) is 6.54 Å². The Morgan fingerprint density at radius 1 is 1.47 bits per heavy atom. The second-order valence-electron chi connectivity index (χ2n) is 3.27. The third-order valence-electron chi connectivity index (χ3n) is 1.99. The van der Waals surface area contributed by atoms with Crippen molar-refractivity contribution in [2.24, 2.45) is 0 Å². The fraction of sp³-hybridized carbons (Fsp3) is 0.167. The molecular formula is C12H12FNO3. The fourth-order valence-electron chi connectivity index (χ4n) is 1.24. The summed E-state index contributed by atoms with van der Waals surface area (Å²) in [6.07, 6.45) is 2.16. The van der Waals surface area contributed by atoms with Crippen LogP contribution in [0.25, 0.3) is 6.08 Å². The predicted molar refractivity (Wildman–Crippen MR) is 61.1 cm³/mol. The molecule has 0 aromatic heterocycles. The van der Waals surface area contributed by atoms with Crippen molar-refractivity contribution in [3.8, 4) is 0 Å². The molecule has 0 saturated carbocycles. The van der Waals surface area contributed by atoms with Gasteiger partial charge >= 0.3 is 5.97 Å². The number of aliphatic carboxylic acids is 1. The van der Waals surface area contributed by atoms with Gasteiger partial charge in [-0.3, -0.25) is 4.79 Å². The van der Waals surface area contributed by atoms with E-state index in [4.69, 9.17) is 5.11 Å². The van der Waals surface area contributed by atoms with E-state index in [9.17, 15) is 14.0 Å². The molecule has 0 aliphatic rings. The Morgan fingerprint density at radius 2 is 2.18 bits per heavy atom. The van der Waals surface area contributed by atoms with Gasteiger partial charge in [-0.25, -0.2) is 9.18 Å². The lowest BCUT2D eigenvalue weighted by Gasteiger charge is -2.04. The van der Waals surface area contributed by atoms with Gasteiger partial charge in [-0.15, -0.1) is 0 Å². The second kappa shape index (κ2) is 5.79. The summed E-state index contributed by atoms with van der Waals surface area (Å²) in [5, 5.41) is 10.9. The van der Waals surface area contributed by atoms with E-state index in [1.165, 1.54) is 18.2 Å². The number of amides is 1. The maximum Gasteiger partial charge on any atom is 0.328 e. The maximum absolute atomic E-state index is 13.5. The molecule has 0 aliphatic heterocycles. The van der Waals surface area contributed by atoms with Crippen molar-refractivity contribution in [2.45, 2.75) is 6.92 Å². The van der Waals surface area contributed by atoms with Crippen molar-refractivity contribution in [3.63, 3.8) is 0 Å². The number of carboxylic acid groups (broad SMARTS) is 1. The highest BCUT2D eigenvalue weighted by Crippen LogP contribution is 2.11. The minimum atomic E-state index is -1.11. The van der Waals surface area contributed by atoms with Crippen molar-refractivity contribution in [3.05, 3.63) is 41.2 Å². The van der Waals surface area contributed by atoms with Crippen LogP contribution in [-0.2, 0) is 4.79 Å². The smallest absolute Gasteiger partial charge is 0.328 e. The van der Waals surface area contributed by atoms with Crippen LogP contribution in [0.4, 0.5) is 4.39 Å². The molecule has 1 aromatic carbocycles. The summed E-state index contributed by atoms with van der Waals surface area (Å²) in [6.45, 7) is 2.15. The van der Waals surface area contributed by atoms with Gasteiger partial charge in [0.2, 0.25) is 0 Å². The van der Waals surface area contributed by atoms with Gasteiger partial charge in [-0.05, 0) is 30.7 Å². The summed E-state index contributed by atoms with van der Waals surface area (Å²) in [7, 11) is 0. The Labute approximate surface area is 97.8 Å². The van der Waals surface area contributed by atoms with Crippen LogP contribution in [0.3, 0.4) is 0 Å². The number of hydrogen-bond donors (Lipinski definition) is 2. The molecule has 0 fully saturated rings. The Bertz CT molecular complexity index is 469. The molecule has 1 rings (SSSR count). The molecule has 0 bridgehead atoms. The summed E-state index contributed by atoms with van der Waals surface area (Å²) in [5.74, 6) is -2.28. The number of rotatable bonds is 4. The van der Waals surface area contributed by atoms with Crippen molar-refractivity contribution in [1.82, 2.24) is 5.32 Å². The highest BCUT2D eigenvalue weighted by Gasteiger charge is 2.10. The van der Waals surface area contributed by atoms with Gasteiger partial charge in [-0.2, -0.15) is 0 Å². The fourth-order valence-corrected chi connectivity index (χ4v) is 1.24. The molecule has 0 aliphatic carbocycles. The molecule has 0 radical (unpaired) electrons. The lowest BCUT2D eigenvalue weighted by Crippen LogP contribution is -2.23. The topological polar surface area (TPSA) is 66.4 Å². The van der Waals surface area contributed by atoms with Crippen LogP contribution in [0.5, 0.6) is 0 Å². The van der Waals surface area contributed by atoms with E-state index >= 15 is 0 Å². The average Bonchev–Trinajstić information content (AvgIpc) is 2.26. The quantitative estimate of drug-likeness (QED) is 0.783. The Kier molecular flexibility index (Phi) is 4.39. The van der Waals surface area contributed by atoms with Crippen LogP contribution >= 0.6 is 0 Å². The van der Waals surface area contributed by atoms with Crippen molar-refractivity contribution < 1.29 is 19.1 Å². The van der Waals surface area contributed by atoms with Crippen LogP contribution in [0.15, 0.2) is 24.3 Å². The van der Waals surface area contributed by atoms with E-state index in [0.29, 0.717) is 12.1 Å². The normalized spacial score (nSPS) is 10.5. The van der Waals surface area contributed by atoms with Gasteiger partial charge in [0.1, 0.15) is 5.82 Å². The van der Waals surface area contributed by atoms with Gasteiger partial charge in [0, 0.05) is 12.6 Å². The molecule has 4 nitrogen and oxygen atoms in total. The average molecular weight is 237 g/mol. The third-order valence-corrected chi connectivity index (χ3v) is 1.99. The Balaban J connectivity index is 2.93. The number of benzene rings is 1. The molecule has 0 heterocycles. The maximum atomic E-state index is 13.5. The largest absolute Gasteiger partial charge is 0.478 e. The summed E-state index contributed by atoms with van der Waals surface area (Å²) >= 11 is 0. The van der Waals surface area contributed by atoms with Gasteiger partial charge < -0.3 is 10.4 Å².